The molecule has 0 fully saturated rings. The molecule has 0 aromatic rings. The van der Waals surface area contributed by atoms with E-state index in [1.165, 1.54) is 4.31 Å². The van der Waals surface area contributed by atoms with E-state index in [9.17, 15) is 8.42 Å². The Bertz CT molecular complexity index is 234. The Morgan fingerprint density at radius 1 is 1.40 bits per heavy atom. The van der Waals surface area contributed by atoms with Gasteiger partial charge in [-0.05, 0) is 13.5 Å². The van der Waals surface area contributed by atoms with Gasteiger partial charge in [-0.3, -0.25) is 0 Å². The highest BCUT2D eigenvalue weighted by Crippen LogP contribution is 1.99. The summed E-state index contributed by atoms with van der Waals surface area (Å²) in [6, 6.07) is 0. The van der Waals surface area contributed by atoms with Crippen LogP contribution in [0.4, 0.5) is 0 Å². The lowest BCUT2D eigenvalue weighted by atomic mass is 10.5. The first-order valence-corrected chi connectivity index (χ1v) is 6.23. The van der Waals surface area contributed by atoms with Crippen molar-refractivity contribution in [1.29, 1.82) is 0 Å². The Hall–Kier alpha value is 0.120. The molecule has 0 spiro atoms. The zero-order valence-electron chi connectivity index (χ0n) is 9.52. The molecule has 0 rings (SSSR count). The molecule has 1 N–H and O–H groups in total. The Labute approximate surface area is 98.6 Å². The van der Waals surface area contributed by atoms with Gasteiger partial charge in [0, 0.05) is 33.9 Å². The largest absolute Gasteiger partial charge is 0.385 e. The number of nitrogens with one attached hydrogen (secondary N) is 1. The second-order valence-corrected chi connectivity index (χ2v) is 5.28. The third kappa shape index (κ3) is 7.98. The van der Waals surface area contributed by atoms with Crippen LogP contribution >= 0.6 is 12.4 Å². The fourth-order valence-electron chi connectivity index (χ4n) is 0.950. The Kier molecular flexibility index (Phi) is 10.9. The summed E-state index contributed by atoms with van der Waals surface area (Å²) < 4.78 is 29.3. The van der Waals surface area contributed by atoms with Crippen molar-refractivity contribution in [2.24, 2.45) is 0 Å². The van der Waals surface area contributed by atoms with Crippen LogP contribution < -0.4 is 5.32 Å². The monoisotopic (exact) mass is 260 g/mol. The number of nitrogens with zero attached hydrogens (tertiary/aromatic N) is 1. The number of likely N-dealkylation sites (N-methyl/N-ethyl adjacent to an activating group) is 2. The number of hydrogen-bond donors (Lipinski definition) is 1. The molecule has 94 valence electrons. The summed E-state index contributed by atoms with van der Waals surface area (Å²) in [7, 11) is 1.87. The number of sulfonamides is 1. The highest BCUT2D eigenvalue weighted by Gasteiger charge is 2.16. The molecule has 5 nitrogen and oxygen atoms in total. The van der Waals surface area contributed by atoms with Gasteiger partial charge in [0.2, 0.25) is 10.0 Å². The summed E-state index contributed by atoms with van der Waals surface area (Å²) in [5, 5.41) is 2.91. The third-order valence-electron chi connectivity index (χ3n) is 1.90. The summed E-state index contributed by atoms with van der Waals surface area (Å²) in [5.74, 6) is 0.154. The van der Waals surface area contributed by atoms with Crippen molar-refractivity contribution in [1.82, 2.24) is 9.62 Å². The standard InChI is InChI=1S/C8H20N2O3S.ClH/c1-9-5-6-10(2)14(11,12)8-4-7-13-3;/h9H,4-8H2,1-3H3;1H. The quantitative estimate of drug-likeness (QED) is 0.621. The van der Waals surface area contributed by atoms with Crippen LogP contribution in [0.5, 0.6) is 0 Å². The van der Waals surface area contributed by atoms with Gasteiger partial charge in [-0.15, -0.1) is 12.4 Å². The molecule has 0 saturated carbocycles. The van der Waals surface area contributed by atoms with Crippen molar-refractivity contribution in [3.63, 3.8) is 0 Å². The molecule has 0 aromatic carbocycles. The van der Waals surface area contributed by atoms with Crippen LogP contribution in [0, 0.1) is 0 Å². The van der Waals surface area contributed by atoms with Crippen LogP contribution in [0.1, 0.15) is 6.42 Å². The number of methoxy groups -OCH3 is 1. The summed E-state index contributed by atoms with van der Waals surface area (Å²) in [4.78, 5) is 0. The molecule has 0 aliphatic rings. The lowest BCUT2D eigenvalue weighted by Gasteiger charge is -2.16. The van der Waals surface area contributed by atoms with Gasteiger partial charge in [0.25, 0.3) is 0 Å². The van der Waals surface area contributed by atoms with Crippen molar-refractivity contribution in [3.8, 4) is 0 Å². The van der Waals surface area contributed by atoms with Crippen LogP contribution in [0.3, 0.4) is 0 Å². The van der Waals surface area contributed by atoms with Crippen LogP contribution in [0.25, 0.3) is 0 Å². The smallest absolute Gasteiger partial charge is 0.213 e. The first-order chi connectivity index (χ1) is 6.54. The molecule has 0 aliphatic carbocycles. The highest BCUT2D eigenvalue weighted by molar-refractivity contribution is 7.89. The van der Waals surface area contributed by atoms with Crippen molar-refractivity contribution >= 4 is 22.4 Å². The van der Waals surface area contributed by atoms with Gasteiger partial charge in [0.1, 0.15) is 0 Å². The van der Waals surface area contributed by atoms with Gasteiger partial charge in [0.05, 0.1) is 5.75 Å². The first kappa shape index (κ1) is 17.5. The van der Waals surface area contributed by atoms with Crippen LogP contribution in [-0.2, 0) is 14.8 Å². The molecular formula is C8H21ClN2O3S. The number of ether oxygens (including phenoxy) is 1. The Morgan fingerprint density at radius 2 is 2.00 bits per heavy atom. The molecule has 0 heterocycles. The summed E-state index contributed by atoms with van der Waals surface area (Å²) >= 11 is 0. The molecule has 0 bridgehead atoms. The van der Waals surface area contributed by atoms with Crippen LogP contribution in [0.15, 0.2) is 0 Å². The summed E-state index contributed by atoms with van der Waals surface area (Å²) in [6.07, 6.45) is 0.544. The normalized spacial score (nSPS) is 11.5. The fraction of sp³-hybridized carbons (Fsp3) is 1.00. The van der Waals surface area contributed by atoms with Crippen LogP contribution in [0.2, 0.25) is 0 Å². The average molecular weight is 261 g/mol. The third-order valence-corrected chi connectivity index (χ3v) is 3.84. The molecule has 0 radical (unpaired) electrons. The minimum atomic E-state index is -3.09. The van der Waals surface area contributed by atoms with Gasteiger partial charge in [-0.25, -0.2) is 12.7 Å². The van der Waals surface area contributed by atoms with E-state index in [0.717, 1.165) is 0 Å². The van der Waals surface area contributed by atoms with Gasteiger partial charge < -0.3 is 10.1 Å². The molecule has 0 atom stereocenters. The maximum Gasteiger partial charge on any atom is 0.213 e. The van der Waals surface area contributed by atoms with E-state index in [-0.39, 0.29) is 18.2 Å². The van der Waals surface area contributed by atoms with E-state index in [1.54, 1.807) is 21.2 Å². The zero-order chi connectivity index (χ0) is 11.0. The summed E-state index contributed by atoms with van der Waals surface area (Å²) in [6.45, 7) is 1.66. The van der Waals surface area contributed by atoms with E-state index in [1.807, 2.05) is 0 Å². The second kappa shape index (κ2) is 9.35. The lowest BCUT2D eigenvalue weighted by Crippen LogP contribution is -2.34. The van der Waals surface area contributed by atoms with Crippen LogP contribution in [-0.4, -0.2) is 59.4 Å². The first-order valence-electron chi connectivity index (χ1n) is 4.62. The maximum atomic E-state index is 11.6. The SMILES string of the molecule is CNCCN(C)S(=O)(=O)CCCOC.Cl. The molecule has 0 aromatic heterocycles. The van der Waals surface area contributed by atoms with E-state index >= 15 is 0 Å². The minimum absolute atomic E-state index is 0. The van der Waals surface area contributed by atoms with Crippen molar-refractivity contribution in [3.05, 3.63) is 0 Å². The fourth-order valence-corrected chi connectivity index (χ4v) is 2.11. The molecule has 7 heteroatoms. The second-order valence-electron chi connectivity index (χ2n) is 3.09. The minimum Gasteiger partial charge on any atom is -0.385 e. The topological polar surface area (TPSA) is 58.6 Å². The lowest BCUT2D eigenvalue weighted by molar-refractivity contribution is 0.199. The van der Waals surface area contributed by atoms with Gasteiger partial charge >= 0.3 is 0 Å². The van der Waals surface area contributed by atoms with E-state index in [4.69, 9.17) is 4.74 Å². The molecule has 0 amide bonds. The Morgan fingerprint density at radius 3 is 2.47 bits per heavy atom. The zero-order valence-corrected chi connectivity index (χ0v) is 11.2. The molecule has 0 saturated heterocycles. The molecule has 15 heavy (non-hydrogen) atoms. The predicted molar refractivity (Wildman–Crippen MR) is 64.1 cm³/mol. The molecule has 0 unspecified atom stereocenters. The highest BCUT2D eigenvalue weighted by atomic mass is 35.5. The Balaban J connectivity index is 0. The van der Waals surface area contributed by atoms with Crippen molar-refractivity contribution in [2.75, 3.05) is 46.7 Å². The maximum absolute atomic E-state index is 11.6. The van der Waals surface area contributed by atoms with E-state index in [2.05, 4.69) is 5.32 Å². The number of halogens is 1. The van der Waals surface area contributed by atoms with Gasteiger partial charge in [-0.2, -0.15) is 0 Å². The van der Waals surface area contributed by atoms with E-state index in [0.29, 0.717) is 26.1 Å². The average Bonchev–Trinajstić information content (AvgIpc) is 2.14. The van der Waals surface area contributed by atoms with Crippen molar-refractivity contribution < 1.29 is 13.2 Å². The predicted octanol–water partition coefficient (Wildman–Crippen LogP) is -0.0743. The van der Waals surface area contributed by atoms with Gasteiger partial charge in [0.15, 0.2) is 0 Å². The number of rotatable bonds is 8. The van der Waals surface area contributed by atoms with Crippen molar-refractivity contribution in [2.45, 2.75) is 6.42 Å². The number of hydrogen-bond acceptors (Lipinski definition) is 4. The van der Waals surface area contributed by atoms with Gasteiger partial charge in [-0.1, -0.05) is 0 Å². The molecular weight excluding hydrogens is 240 g/mol. The molecule has 0 aliphatic heterocycles. The summed E-state index contributed by atoms with van der Waals surface area (Å²) in [5.41, 5.74) is 0. The van der Waals surface area contributed by atoms with E-state index < -0.39 is 10.0 Å².